The molecule has 1 saturated carbocycles. The summed E-state index contributed by atoms with van der Waals surface area (Å²) in [6, 6.07) is 9.82. The highest BCUT2D eigenvalue weighted by atomic mass is 16.3. The van der Waals surface area contributed by atoms with E-state index in [9.17, 15) is 9.90 Å². The Bertz CT molecular complexity index is 749. The summed E-state index contributed by atoms with van der Waals surface area (Å²) in [5.41, 5.74) is 2.71. The standard InChI is InChI=1S/C17H17N3O2/c21-10-12-9-18-20-16(11-5-2-1-3-6-11)15-13(19-17(12)20)7-4-8-14(15)22/h1-3,5-6,9,15-16,21H,4,7-8,10H2. The van der Waals surface area contributed by atoms with Crippen LogP contribution in [0.25, 0.3) is 0 Å². The zero-order valence-corrected chi connectivity index (χ0v) is 12.1. The van der Waals surface area contributed by atoms with Gasteiger partial charge in [-0.2, -0.15) is 5.10 Å². The van der Waals surface area contributed by atoms with Gasteiger partial charge in [0.25, 0.3) is 0 Å². The lowest BCUT2D eigenvalue weighted by molar-refractivity contribution is -0.122. The molecule has 0 spiro atoms. The van der Waals surface area contributed by atoms with Crippen molar-refractivity contribution >= 4 is 17.3 Å². The van der Waals surface area contributed by atoms with Crippen LogP contribution < -0.4 is 0 Å². The van der Waals surface area contributed by atoms with Gasteiger partial charge in [-0.15, -0.1) is 0 Å². The van der Waals surface area contributed by atoms with Crippen molar-refractivity contribution in [3.05, 3.63) is 47.7 Å². The summed E-state index contributed by atoms with van der Waals surface area (Å²) < 4.78 is 1.80. The Morgan fingerprint density at radius 1 is 1.23 bits per heavy atom. The molecule has 5 nitrogen and oxygen atoms in total. The van der Waals surface area contributed by atoms with E-state index in [0.717, 1.165) is 24.1 Å². The summed E-state index contributed by atoms with van der Waals surface area (Å²) in [6.07, 6.45) is 3.96. The van der Waals surface area contributed by atoms with Crippen LogP contribution in [0.4, 0.5) is 5.82 Å². The minimum Gasteiger partial charge on any atom is -0.391 e. The minimum atomic E-state index is -0.227. The quantitative estimate of drug-likeness (QED) is 0.925. The Kier molecular flexibility index (Phi) is 3.15. The third-order valence-corrected chi connectivity index (χ3v) is 4.54. The molecule has 2 unspecified atom stereocenters. The topological polar surface area (TPSA) is 67.5 Å². The van der Waals surface area contributed by atoms with Crippen molar-refractivity contribution in [2.24, 2.45) is 10.9 Å². The van der Waals surface area contributed by atoms with Gasteiger partial charge in [0.15, 0.2) is 5.82 Å². The maximum atomic E-state index is 12.5. The second-order valence-corrected chi connectivity index (χ2v) is 5.85. The Morgan fingerprint density at radius 2 is 2.05 bits per heavy atom. The van der Waals surface area contributed by atoms with Crippen LogP contribution in [0.1, 0.15) is 36.4 Å². The molecule has 0 amide bonds. The first-order chi connectivity index (χ1) is 10.8. The lowest BCUT2D eigenvalue weighted by Gasteiger charge is -2.35. The number of aliphatic hydroxyl groups is 1. The van der Waals surface area contributed by atoms with Crippen LogP contribution in [0.3, 0.4) is 0 Å². The van der Waals surface area contributed by atoms with Gasteiger partial charge < -0.3 is 5.11 Å². The van der Waals surface area contributed by atoms with Crippen LogP contribution in [-0.4, -0.2) is 26.4 Å². The van der Waals surface area contributed by atoms with E-state index in [0.29, 0.717) is 17.8 Å². The molecule has 2 aliphatic rings. The smallest absolute Gasteiger partial charge is 0.156 e. The van der Waals surface area contributed by atoms with Gasteiger partial charge in [-0.3, -0.25) is 4.79 Å². The number of fused-ring (bicyclic) bond motifs is 2. The molecule has 2 atom stereocenters. The molecule has 1 fully saturated rings. The molecule has 2 aromatic rings. The van der Waals surface area contributed by atoms with Gasteiger partial charge in [-0.25, -0.2) is 9.67 Å². The molecule has 22 heavy (non-hydrogen) atoms. The second-order valence-electron chi connectivity index (χ2n) is 5.85. The highest BCUT2D eigenvalue weighted by Crippen LogP contribution is 2.41. The highest BCUT2D eigenvalue weighted by Gasteiger charge is 2.41. The Balaban J connectivity index is 1.92. The Morgan fingerprint density at radius 3 is 2.82 bits per heavy atom. The summed E-state index contributed by atoms with van der Waals surface area (Å²) >= 11 is 0. The van der Waals surface area contributed by atoms with Gasteiger partial charge in [0.05, 0.1) is 24.8 Å². The van der Waals surface area contributed by atoms with E-state index in [2.05, 4.69) is 10.1 Å². The number of aliphatic hydroxyl groups excluding tert-OH is 1. The van der Waals surface area contributed by atoms with Crippen molar-refractivity contribution in [2.75, 3.05) is 0 Å². The zero-order chi connectivity index (χ0) is 15.1. The zero-order valence-electron chi connectivity index (χ0n) is 12.1. The van der Waals surface area contributed by atoms with Gasteiger partial charge >= 0.3 is 0 Å². The molecule has 0 radical (unpaired) electrons. The number of hydrogen-bond acceptors (Lipinski definition) is 4. The van der Waals surface area contributed by atoms with Crippen molar-refractivity contribution in [1.29, 1.82) is 0 Å². The third kappa shape index (κ3) is 1.93. The number of aromatic nitrogens is 2. The lowest BCUT2D eigenvalue weighted by atomic mass is 9.77. The summed E-state index contributed by atoms with van der Waals surface area (Å²) in [5, 5.41) is 13.9. The molecule has 1 N–H and O–H groups in total. The fourth-order valence-electron chi connectivity index (χ4n) is 3.52. The molecule has 1 aliphatic carbocycles. The molecule has 1 aromatic heterocycles. The fraction of sp³-hybridized carbons (Fsp3) is 0.353. The summed E-state index contributed by atoms with van der Waals surface area (Å²) in [4.78, 5) is 17.2. The van der Waals surface area contributed by atoms with Gasteiger partial charge in [0, 0.05) is 17.7 Å². The van der Waals surface area contributed by atoms with Crippen LogP contribution in [0.15, 0.2) is 41.5 Å². The van der Waals surface area contributed by atoms with E-state index in [1.54, 1.807) is 10.9 Å². The predicted molar refractivity (Wildman–Crippen MR) is 82.2 cm³/mol. The SMILES string of the molecule is O=C1CCCC2=Nc3c(CO)cnn3C(c3ccccc3)C12. The minimum absolute atomic E-state index is 0.0910. The molecular weight excluding hydrogens is 278 g/mol. The number of rotatable bonds is 2. The normalized spacial score (nSPS) is 23.7. The van der Waals surface area contributed by atoms with Crippen LogP contribution >= 0.6 is 0 Å². The van der Waals surface area contributed by atoms with E-state index >= 15 is 0 Å². The summed E-state index contributed by atoms with van der Waals surface area (Å²) in [7, 11) is 0. The molecule has 0 saturated heterocycles. The van der Waals surface area contributed by atoms with Crippen molar-refractivity contribution in [3.8, 4) is 0 Å². The van der Waals surface area contributed by atoms with E-state index < -0.39 is 0 Å². The van der Waals surface area contributed by atoms with Gasteiger partial charge in [-0.05, 0) is 18.4 Å². The monoisotopic (exact) mass is 295 g/mol. The van der Waals surface area contributed by atoms with E-state index in [1.807, 2.05) is 30.3 Å². The van der Waals surface area contributed by atoms with E-state index in [4.69, 9.17) is 0 Å². The molecule has 1 aliphatic heterocycles. The summed E-state index contributed by atoms with van der Waals surface area (Å²) in [6.45, 7) is -0.0910. The van der Waals surface area contributed by atoms with Gasteiger partial charge in [-0.1, -0.05) is 30.3 Å². The average molecular weight is 295 g/mol. The second kappa shape index (κ2) is 5.18. The first-order valence-corrected chi connectivity index (χ1v) is 7.62. The molecule has 112 valence electrons. The number of benzene rings is 1. The van der Waals surface area contributed by atoms with Crippen molar-refractivity contribution in [1.82, 2.24) is 9.78 Å². The number of Topliss-reactive ketones (excluding diaryl/α,β-unsaturated/α-hetero) is 1. The van der Waals surface area contributed by atoms with E-state index in [-0.39, 0.29) is 24.3 Å². The number of carbonyl (C=O) groups excluding carboxylic acids is 1. The van der Waals surface area contributed by atoms with Crippen molar-refractivity contribution < 1.29 is 9.90 Å². The molecule has 2 heterocycles. The first kappa shape index (κ1) is 13.4. The number of nitrogens with zero attached hydrogens (tertiary/aromatic N) is 3. The predicted octanol–water partition coefficient (Wildman–Crippen LogP) is 2.42. The number of hydrogen-bond donors (Lipinski definition) is 1. The fourth-order valence-corrected chi connectivity index (χ4v) is 3.52. The molecule has 0 bridgehead atoms. The molecule has 4 rings (SSSR count). The first-order valence-electron chi connectivity index (χ1n) is 7.62. The Hall–Kier alpha value is -2.27. The lowest BCUT2D eigenvalue weighted by Crippen LogP contribution is -2.39. The van der Waals surface area contributed by atoms with Gasteiger partial charge in [0.1, 0.15) is 5.78 Å². The van der Waals surface area contributed by atoms with Gasteiger partial charge in [0.2, 0.25) is 0 Å². The maximum absolute atomic E-state index is 12.5. The summed E-state index contributed by atoms with van der Waals surface area (Å²) in [5.74, 6) is 0.706. The van der Waals surface area contributed by atoms with Crippen LogP contribution in [-0.2, 0) is 11.4 Å². The van der Waals surface area contributed by atoms with Crippen LogP contribution in [0.5, 0.6) is 0 Å². The number of aliphatic imine (C=N–C) groups is 1. The maximum Gasteiger partial charge on any atom is 0.156 e. The Labute approximate surface area is 128 Å². The number of carbonyl (C=O) groups is 1. The van der Waals surface area contributed by atoms with E-state index in [1.165, 1.54) is 0 Å². The highest BCUT2D eigenvalue weighted by molar-refractivity contribution is 6.09. The largest absolute Gasteiger partial charge is 0.391 e. The van der Waals surface area contributed by atoms with Crippen LogP contribution in [0.2, 0.25) is 0 Å². The molecule has 5 heteroatoms. The van der Waals surface area contributed by atoms with Crippen LogP contribution in [0, 0.1) is 5.92 Å². The molecule has 1 aromatic carbocycles. The molecular formula is C17H17N3O2. The number of ketones is 1. The van der Waals surface area contributed by atoms with Crippen molar-refractivity contribution in [3.63, 3.8) is 0 Å². The third-order valence-electron chi connectivity index (χ3n) is 4.54. The average Bonchev–Trinajstić information content (AvgIpc) is 2.96. The van der Waals surface area contributed by atoms with Crippen molar-refractivity contribution in [2.45, 2.75) is 31.9 Å².